The molecule has 0 aliphatic carbocycles. The van der Waals surface area contributed by atoms with Crippen molar-refractivity contribution >= 4 is 11.7 Å². The average molecular weight is 428 g/mol. The van der Waals surface area contributed by atoms with Gasteiger partial charge in [0.1, 0.15) is 5.82 Å². The van der Waals surface area contributed by atoms with Gasteiger partial charge in [-0.3, -0.25) is 4.79 Å². The number of likely N-dealkylation sites (tertiary alicyclic amines) is 1. The predicted molar refractivity (Wildman–Crippen MR) is 112 cm³/mol. The molecule has 1 atom stereocenters. The fourth-order valence-electron chi connectivity index (χ4n) is 4.81. The van der Waals surface area contributed by atoms with Gasteiger partial charge < -0.3 is 23.8 Å². The number of carbonyl (C=O) groups excluding carboxylic acids is 1. The number of hydrogen-bond acceptors (Lipinski definition) is 8. The maximum Gasteiger partial charge on any atom is 0.227 e. The third kappa shape index (κ3) is 4.04. The molecule has 0 unspecified atom stereocenters. The lowest BCUT2D eigenvalue weighted by atomic mass is 9.94. The first-order valence-corrected chi connectivity index (χ1v) is 11.3. The SMILES string of the molecule is CCc1nc(-c2cccnc2N2CCC[C@H](C(=O)N3CCC4(CC3)OCCO4)C2)no1. The minimum Gasteiger partial charge on any atom is -0.355 e. The number of piperidine rings is 2. The number of aryl methyl sites for hydroxylation is 1. The summed E-state index contributed by atoms with van der Waals surface area (Å²) in [4.78, 5) is 26.6. The number of aromatic nitrogens is 3. The number of carbonyl (C=O) groups is 1. The highest BCUT2D eigenvalue weighted by Crippen LogP contribution is 2.34. The molecule has 0 radical (unpaired) electrons. The van der Waals surface area contributed by atoms with Crippen molar-refractivity contribution < 1.29 is 18.8 Å². The molecule has 2 aromatic rings. The summed E-state index contributed by atoms with van der Waals surface area (Å²) >= 11 is 0. The van der Waals surface area contributed by atoms with Gasteiger partial charge in [0.15, 0.2) is 5.79 Å². The first kappa shape index (κ1) is 20.4. The summed E-state index contributed by atoms with van der Waals surface area (Å²) in [6, 6.07) is 3.84. The fourth-order valence-corrected chi connectivity index (χ4v) is 4.81. The molecule has 0 aromatic carbocycles. The number of amides is 1. The predicted octanol–water partition coefficient (Wildman–Crippen LogP) is 2.28. The minimum absolute atomic E-state index is 0.0421. The van der Waals surface area contributed by atoms with Crippen LogP contribution in [0.4, 0.5) is 5.82 Å². The molecule has 31 heavy (non-hydrogen) atoms. The molecule has 0 bridgehead atoms. The van der Waals surface area contributed by atoms with Gasteiger partial charge in [-0.05, 0) is 25.0 Å². The van der Waals surface area contributed by atoms with Crippen LogP contribution in [0.15, 0.2) is 22.9 Å². The summed E-state index contributed by atoms with van der Waals surface area (Å²) in [6.07, 6.45) is 5.80. The highest BCUT2D eigenvalue weighted by molar-refractivity contribution is 5.80. The highest BCUT2D eigenvalue weighted by atomic mass is 16.7. The molecular weight excluding hydrogens is 398 g/mol. The molecule has 3 aliphatic heterocycles. The number of pyridine rings is 1. The summed E-state index contributed by atoms with van der Waals surface area (Å²) in [6.45, 7) is 6.17. The Bertz CT molecular complexity index is 916. The van der Waals surface area contributed by atoms with Gasteiger partial charge in [0.05, 0.1) is 24.7 Å². The van der Waals surface area contributed by atoms with E-state index in [4.69, 9.17) is 14.0 Å². The van der Waals surface area contributed by atoms with E-state index in [2.05, 4.69) is 20.0 Å². The fraction of sp³-hybridized carbons (Fsp3) is 0.636. The van der Waals surface area contributed by atoms with E-state index >= 15 is 0 Å². The van der Waals surface area contributed by atoms with E-state index in [-0.39, 0.29) is 11.8 Å². The Labute approximate surface area is 181 Å². The van der Waals surface area contributed by atoms with E-state index in [1.165, 1.54) is 0 Å². The molecule has 9 heteroatoms. The molecule has 1 spiro atoms. The van der Waals surface area contributed by atoms with Gasteiger partial charge in [-0.2, -0.15) is 4.98 Å². The number of rotatable bonds is 4. The van der Waals surface area contributed by atoms with E-state index < -0.39 is 5.79 Å². The lowest BCUT2D eigenvalue weighted by Gasteiger charge is -2.40. The van der Waals surface area contributed by atoms with Crippen molar-refractivity contribution in [3.05, 3.63) is 24.2 Å². The molecule has 3 fully saturated rings. The van der Waals surface area contributed by atoms with Crippen molar-refractivity contribution in [2.45, 2.75) is 44.8 Å². The van der Waals surface area contributed by atoms with Gasteiger partial charge in [0.25, 0.3) is 0 Å². The zero-order chi connectivity index (χ0) is 21.3. The van der Waals surface area contributed by atoms with E-state index in [1.54, 1.807) is 6.20 Å². The van der Waals surface area contributed by atoms with Crippen LogP contribution in [0, 0.1) is 5.92 Å². The van der Waals surface area contributed by atoms with E-state index in [1.807, 2.05) is 24.0 Å². The van der Waals surface area contributed by atoms with Crippen molar-refractivity contribution in [2.75, 3.05) is 44.3 Å². The monoisotopic (exact) mass is 427 g/mol. The van der Waals surface area contributed by atoms with Gasteiger partial charge in [0.2, 0.25) is 17.6 Å². The van der Waals surface area contributed by atoms with Crippen LogP contribution < -0.4 is 4.90 Å². The Hall–Kier alpha value is -2.52. The minimum atomic E-state index is -0.458. The molecule has 9 nitrogen and oxygen atoms in total. The summed E-state index contributed by atoms with van der Waals surface area (Å²) in [7, 11) is 0. The smallest absolute Gasteiger partial charge is 0.227 e. The Balaban J connectivity index is 1.28. The van der Waals surface area contributed by atoms with E-state index in [9.17, 15) is 4.79 Å². The molecule has 166 valence electrons. The number of nitrogens with zero attached hydrogens (tertiary/aromatic N) is 5. The highest BCUT2D eigenvalue weighted by Gasteiger charge is 2.42. The van der Waals surface area contributed by atoms with Crippen LogP contribution in [0.1, 0.15) is 38.5 Å². The van der Waals surface area contributed by atoms with Crippen LogP contribution in [0.3, 0.4) is 0 Å². The van der Waals surface area contributed by atoms with Crippen molar-refractivity contribution in [3.8, 4) is 11.4 Å². The summed E-state index contributed by atoms with van der Waals surface area (Å²) in [5, 5.41) is 4.12. The zero-order valence-corrected chi connectivity index (χ0v) is 18.0. The van der Waals surface area contributed by atoms with Gasteiger partial charge in [-0.1, -0.05) is 12.1 Å². The number of hydrogen-bond donors (Lipinski definition) is 0. The molecule has 5 rings (SSSR count). The van der Waals surface area contributed by atoms with Crippen molar-refractivity contribution in [3.63, 3.8) is 0 Å². The Morgan fingerprint density at radius 1 is 1.23 bits per heavy atom. The van der Waals surface area contributed by atoms with Crippen molar-refractivity contribution in [1.29, 1.82) is 0 Å². The van der Waals surface area contributed by atoms with Gasteiger partial charge in [-0.25, -0.2) is 4.98 Å². The Morgan fingerprint density at radius 2 is 2.03 bits per heavy atom. The van der Waals surface area contributed by atoms with Gasteiger partial charge in [0, 0.05) is 51.6 Å². The lowest BCUT2D eigenvalue weighted by molar-refractivity contribution is -0.188. The first-order chi connectivity index (χ1) is 15.2. The summed E-state index contributed by atoms with van der Waals surface area (Å²) < 4.78 is 16.9. The summed E-state index contributed by atoms with van der Waals surface area (Å²) in [5.74, 6) is 1.69. The van der Waals surface area contributed by atoms with Crippen molar-refractivity contribution in [1.82, 2.24) is 20.0 Å². The topological polar surface area (TPSA) is 93.8 Å². The van der Waals surface area contributed by atoms with Crippen LogP contribution in [-0.2, 0) is 20.7 Å². The lowest BCUT2D eigenvalue weighted by Crippen LogP contribution is -2.51. The third-order valence-corrected chi connectivity index (χ3v) is 6.52. The second kappa shape index (κ2) is 8.55. The van der Waals surface area contributed by atoms with Crippen molar-refractivity contribution in [2.24, 2.45) is 5.92 Å². The van der Waals surface area contributed by atoms with Gasteiger partial charge >= 0.3 is 0 Å². The number of anilines is 1. The molecule has 2 aromatic heterocycles. The molecule has 1 amide bonds. The first-order valence-electron chi connectivity index (χ1n) is 11.3. The van der Waals surface area contributed by atoms with Crippen LogP contribution in [0.25, 0.3) is 11.4 Å². The molecule has 3 aliphatic rings. The second-order valence-corrected chi connectivity index (χ2v) is 8.46. The van der Waals surface area contributed by atoms with E-state index in [0.29, 0.717) is 51.0 Å². The molecule has 5 heterocycles. The Morgan fingerprint density at radius 3 is 2.77 bits per heavy atom. The van der Waals surface area contributed by atoms with Crippen LogP contribution in [-0.4, -0.2) is 71.1 Å². The number of ether oxygens (including phenoxy) is 2. The molecule has 0 saturated carbocycles. The van der Waals surface area contributed by atoms with Crippen LogP contribution >= 0.6 is 0 Å². The van der Waals surface area contributed by atoms with Crippen LogP contribution in [0.2, 0.25) is 0 Å². The summed E-state index contributed by atoms with van der Waals surface area (Å²) in [5.41, 5.74) is 0.842. The molecule has 3 saturated heterocycles. The molecular formula is C22H29N5O4. The maximum atomic E-state index is 13.3. The quantitative estimate of drug-likeness (QED) is 0.734. The van der Waals surface area contributed by atoms with E-state index in [0.717, 1.165) is 43.6 Å². The third-order valence-electron chi connectivity index (χ3n) is 6.52. The average Bonchev–Trinajstić information content (AvgIpc) is 3.49. The van der Waals surface area contributed by atoms with Crippen LogP contribution in [0.5, 0.6) is 0 Å². The standard InChI is InChI=1S/C22H29N5O4/c1-2-18-24-19(25-31-18)17-6-3-9-23-20(17)27-10-4-5-16(15-27)21(28)26-11-7-22(8-12-26)29-13-14-30-22/h3,6,9,16H,2,4-5,7-8,10-15H2,1H3/t16-/m0/s1. The zero-order valence-electron chi connectivity index (χ0n) is 18.0. The second-order valence-electron chi connectivity index (χ2n) is 8.46. The Kier molecular flexibility index (Phi) is 5.62. The largest absolute Gasteiger partial charge is 0.355 e. The van der Waals surface area contributed by atoms with Gasteiger partial charge in [-0.15, -0.1) is 0 Å². The maximum absolute atomic E-state index is 13.3. The normalized spacial score (nSPS) is 23.5. The molecule has 0 N–H and O–H groups in total.